The van der Waals surface area contributed by atoms with Gasteiger partial charge >= 0.3 is 0 Å². The van der Waals surface area contributed by atoms with Crippen molar-refractivity contribution >= 4 is 22.8 Å². The normalized spacial score (nSPS) is 11.1. The summed E-state index contributed by atoms with van der Waals surface area (Å²) in [4.78, 5) is 28.0. The second-order valence-corrected chi connectivity index (χ2v) is 7.77. The molecule has 0 spiro atoms. The number of hydrogen-bond donors (Lipinski definition) is 1. The predicted octanol–water partition coefficient (Wildman–Crippen LogP) is 2.83. The van der Waals surface area contributed by atoms with Gasteiger partial charge in [-0.3, -0.25) is 9.59 Å². The fourth-order valence-electron chi connectivity index (χ4n) is 3.37. The second-order valence-electron chi connectivity index (χ2n) is 6.83. The number of primary amides is 1. The van der Waals surface area contributed by atoms with Crippen LogP contribution >= 0.6 is 11.3 Å². The first-order valence-corrected chi connectivity index (χ1v) is 10.3. The van der Waals surface area contributed by atoms with E-state index in [1.54, 1.807) is 16.0 Å². The fraction of sp³-hybridized carbons (Fsp3) is 0.0455. The van der Waals surface area contributed by atoms with Crippen molar-refractivity contribution in [2.24, 2.45) is 5.73 Å². The summed E-state index contributed by atoms with van der Waals surface area (Å²) in [5.74, 6) is -0.601. The highest BCUT2D eigenvalue weighted by Crippen LogP contribution is 2.33. The Kier molecular flexibility index (Phi) is 4.64. The van der Waals surface area contributed by atoms with Crippen molar-refractivity contribution in [1.29, 1.82) is 0 Å². The van der Waals surface area contributed by atoms with E-state index in [1.165, 1.54) is 22.1 Å². The van der Waals surface area contributed by atoms with Crippen molar-refractivity contribution in [3.63, 3.8) is 0 Å². The van der Waals surface area contributed by atoms with E-state index in [-0.39, 0.29) is 17.8 Å². The standard InChI is InChI=1S/C22H16N6O2S/c23-22(30)16-13-31-18(24-16)12-28-19(29)10-9-15(25-28)20-17-8-4-5-11-27(17)26-21(20)14-6-2-1-3-7-14/h1-11,13H,12H2,(H2,23,30). The summed E-state index contributed by atoms with van der Waals surface area (Å²) in [6.45, 7) is 0.143. The van der Waals surface area contributed by atoms with Crippen LogP contribution in [0.4, 0.5) is 0 Å². The largest absolute Gasteiger partial charge is 0.364 e. The molecule has 4 aromatic heterocycles. The highest BCUT2D eigenvalue weighted by Gasteiger charge is 2.18. The van der Waals surface area contributed by atoms with Crippen LogP contribution in [-0.4, -0.2) is 30.3 Å². The summed E-state index contributed by atoms with van der Waals surface area (Å²) in [5, 5.41) is 11.5. The average Bonchev–Trinajstić information content (AvgIpc) is 3.41. The van der Waals surface area contributed by atoms with Crippen LogP contribution in [0.1, 0.15) is 15.5 Å². The number of nitrogens with zero attached hydrogens (tertiary/aromatic N) is 5. The molecule has 5 aromatic rings. The van der Waals surface area contributed by atoms with Crippen LogP contribution in [-0.2, 0) is 6.54 Å². The summed E-state index contributed by atoms with van der Waals surface area (Å²) in [6.07, 6.45) is 1.88. The van der Waals surface area contributed by atoms with E-state index in [0.29, 0.717) is 10.7 Å². The van der Waals surface area contributed by atoms with Crippen LogP contribution in [0.25, 0.3) is 28.0 Å². The van der Waals surface area contributed by atoms with Gasteiger partial charge in [-0.1, -0.05) is 36.4 Å². The number of aromatic nitrogens is 5. The maximum absolute atomic E-state index is 12.5. The minimum Gasteiger partial charge on any atom is -0.364 e. The molecule has 0 aliphatic rings. The fourth-order valence-corrected chi connectivity index (χ4v) is 4.13. The third-order valence-corrected chi connectivity index (χ3v) is 5.63. The number of nitrogens with two attached hydrogens (primary N) is 1. The third kappa shape index (κ3) is 3.51. The van der Waals surface area contributed by atoms with Gasteiger partial charge in [0.15, 0.2) is 0 Å². The zero-order valence-electron chi connectivity index (χ0n) is 16.2. The molecule has 0 bridgehead atoms. The lowest BCUT2D eigenvalue weighted by Gasteiger charge is -2.07. The summed E-state index contributed by atoms with van der Waals surface area (Å²) in [6, 6.07) is 18.8. The average molecular weight is 428 g/mol. The molecule has 0 atom stereocenters. The molecular weight excluding hydrogens is 412 g/mol. The molecule has 0 saturated heterocycles. The zero-order valence-corrected chi connectivity index (χ0v) is 17.0. The molecule has 0 radical (unpaired) electrons. The summed E-state index contributed by atoms with van der Waals surface area (Å²) < 4.78 is 3.13. The van der Waals surface area contributed by atoms with Crippen LogP contribution in [0.2, 0.25) is 0 Å². The van der Waals surface area contributed by atoms with E-state index >= 15 is 0 Å². The number of benzene rings is 1. The number of carbonyl (C=O) groups is 1. The quantitative estimate of drug-likeness (QED) is 0.463. The second kappa shape index (κ2) is 7.62. The van der Waals surface area contributed by atoms with Crippen molar-refractivity contribution in [3.8, 4) is 22.5 Å². The van der Waals surface area contributed by atoms with Crippen molar-refractivity contribution in [2.45, 2.75) is 6.54 Å². The highest BCUT2D eigenvalue weighted by atomic mass is 32.1. The van der Waals surface area contributed by atoms with Gasteiger partial charge in [0.25, 0.3) is 11.5 Å². The zero-order chi connectivity index (χ0) is 21.4. The van der Waals surface area contributed by atoms with Crippen molar-refractivity contribution < 1.29 is 4.79 Å². The van der Waals surface area contributed by atoms with Gasteiger partial charge in [-0.15, -0.1) is 11.3 Å². The molecule has 2 N–H and O–H groups in total. The lowest BCUT2D eigenvalue weighted by Crippen LogP contribution is -2.23. The van der Waals surface area contributed by atoms with E-state index < -0.39 is 5.91 Å². The molecule has 8 nitrogen and oxygen atoms in total. The first-order valence-electron chi connectivity index (χ1n) is 9.46. The SMILES string of the molecule is NC(=O)c1csc(Cn2nc(-c3c(-c4ccccc4)nn4ccccc34)ccc2=O)n1. The molecule has 0 saturated carbocycles. The van der Waals surface area contributed by atoms with Crippen molar-refractivity contribution in [3.05, 3.63) is 93.3 Å². The minimum absolute atomic E-state index is 0.143. The van der Waals surface area contributed by atoms with Crippen LogP contribution in [0.5, 0.6) is 0 Å². The van der Waals surface area contributed by atoms with Crippen molar-refractivity contribution in [2.75, 3.05) is 0 Å². The van der Waals surface area contributed by atoms with Gasteiger partial charge in [-0.2, -0.15) is 10.2 Å². The molecule has 152 valence electrons. The number of fused-ring (bicyclic) bond motifs is 1. The van der Waals surface area contributed by atoms with E-state index in [9.17, 15) is 9.59 Å². The molecule has 0 aliphatic heterocycles. The van der Waals surface area contributed by atoms with E-state index in [0.717, 1.165) is 22.3 Å². The molecule has 0 aliphatic carbocycles. The third-order valence-electron chi connectivity index (χ3n) is 4.80. The van der Waals surface area contributed by atoms with Gasteiger partial charge in [0, 0.05) is 23.2 Å². The maximum Gasteiger partial charge on any atom is 0.268 e. The Morgan fingerprint density at radius 1 is 1.00 bits per heavy atom. The smallest absolute Gasteiger partial charge is 0.268 e. The molecule has 1 aromatic carbocycles. The predicted molar refractivity (Wildman–Crippen MR) is 118 cm³/mol. The molecule has 31 heavy (non-hydrogen) atoms. The molecule has 4 heterocycles. The van der Waals surface area contributed by atoms with E-state index in [4.69, 9.17) is 10.8 Å². The Hall–Kier alpha value is -4.11. The van der Waals surface area contributed by atoms with Gasteiger partial charge in [-0.25, -0.2) is 14.2 Å². The molecule has 0 fully saturated rings. The Bertz CT molecular complexity index is 1470. The first kappa shape index (κ1) is 18.9. The summed E-state index contributed by atoms with van der Waals surface area (Å²) >= 11 is 1.26. The van der Waals surface area contributed by atoms with Gasteiger partial charge in [-0.05, 0) is 18.2 Å². The van der Waals surface area contributed by atoms with Gasteiger partial charge in [0.05, 0.1) is 23.3 Å². The monoisotopic (exact) mass is 428 g/mol. The lowest BCUT2D eigenvalue weighted by atomic mass is 10.0. The molecule has 5 rings (SSSR count). The van der Waals surface area contributed by atoms with Crippen molar-refractivity contribution in [1.82, 2.24) is 24.4 Å². The first-order chi connectivity index (χ1) is 15.1. The molecule has 0 unspecified atom stereocenters. The van der Waals surface area contributed by atoms with Crippen LogP contribution < -0.4 is 11.3 Å². The number of rotatable bonds is 5. The van der Waals surface area contributed by atoms with Gasteiger partial charge in [0.2, 0.25) is 0 Å². The number of pyridine rings is 1. The lowest BCUT2D eigenvalue weighted by molar-refractivity contribution is 0.0996. The Balaban J connectivity index is 1.64. The Labute approximate surface area is 180 Å². The molecule has 9 heteroatoms. The summed E-state index contributed by atoms with van der Waals surface area (Å²) in [5.41, 5.74) is 9.24. The molecular formula is C22H16N6O2S. The Morgan fingerprint density at radius 2 is 1.81 bits per heavy atom. The number of hydrogen-bond acceptors (Lipinski definition) is 6. The Morgan fingerprint density at radius 3 is 2.58 bits per heavy atom. The number of thiazole rings is 1. The highest BCUT2D eigenvalue weighted by molar-refractivity contribution is 7.09. The van der Waals surface area contributed by atoms with Gasteiger partial charge in [0.1, 0.15) is 16.4 Å². The molecule has 1 amide bonds. The van der Waals surface area contributed by atoms with E-state index in [2.05, 4.69) is 10.1 Å². The summed E-state index contributed by atoms with van der Waals surface area (Å²) in [7, 11) is 0. The minimum atomic E-state index is -0.601. The topological polar surface area (TPSA) is 108 Å². The number of carbonyl (C=O) groups excluding carboxylic acids is 1. The van der Waals surface area contributed by atoms with Crippen LogP contribution in [0, 0.1) is 0 Å². The van der Waals surface area contributed by atoms with E-state index in [1.807, 2.05) is 54.7 Å². The van der Waals surface area contributed by atoms with Gasteiger partial charge < -0.3 is 5.73 Å². The van der Waals surface area contributed by atoms with Crippen LogP contribution in [0.15, 0.2) is 77.0 Å². The van der Waals surface area contributed by atoms with Crippen LogP contribution in [0.3, 0.4) is 0 Å². The number of amides is 1. The maximum atomic E-state index is 12.5.